The van der Waals surface area contributed by atoms with Crippen molar-refractivity contribution in [3.8, 4) is 6.07 Å². The molecule has 1 heterocycles. The smallest absolute Gasteiger partial charge is 0.257 e. The van der Waals surface area contributed by atoms with Gasteiger partial charge in [-0.25, -0.2) is 4.39 Å². The van der Waals surface area contributed by atoms with Gasteiger partial charge < -0.3 is 5.32 Å². The van der Waals surface area contributed by atoms with E-state index in [4.69, 9.17) is 16.9 Å². The Morgan fingerprint density at radius 1 is 1.37 bits per heavy atom. The molecule has 1 aromatic carbocycles. The number of hydrogen-bond acceptors (Lipinski definition) is 3. The quantitative estimate of drug-likeness (QED) is 0.916. The van der Waals surface area contributed by atoms with E-state index in [1.54, 1.807) is 6.07 Å². The summed E-state index contributed by atoms with van der Waals surface area (Å²) < 4.78 is 13.0. The molecule has 2 aromatic rings. The van der Waals surface area contributed by atoms with Crippen LogP contribution < -0.4 is 5.32 Å². The van der Waals surface area contributed by atoms with Gasteiger partial charge >= 0.3 is 0 Å². The van der Waals surface area contributed by atoms with E-state index >= 15 is 0 Å². The summed E-state index contributed by atoms with van der Waals surface area (Å²) in [6.45, 7) is 0. The molecule has 0 atom stereocenters. The van der Waals surface area contributed by atoms with E-state index in [0.29, 0.717) is 5.02 Å². The molecule has 0 saturated carbocycles. The zero-order valence-electron chi connectivity index (χ0n) is 9.52. The monoisotopic (exact) mass is 275 g/mol. The molecule has 94 valence electrons. The lowest BCUT2D eigenvalue weighted by molar-refractivity contribution is 0.102. The molecule has 2 rings (SSSR count). The van der Waals surface area contributed by atoms with Gasteiger partial charge in [-0.3, -0.25) is 9.78 Å². The zero-order chi connectivity index (χ0) is 13.8. The van der Waals surface area contributed by atoms with Gasteiger partial charge in [0.2, 0.25) is 0 Å². The van der Waals surface area contributed by atoms with Crippen LogP contribution in [0.3, 0.4) is 0 Å². The minimum Gasteiger partial charge on any atom is -0.321 e. The van der Waals surface area contributed by atoms with Crippen molar-refractivity contribution >= 4 is 23.2 Å². The van der Waals surface area contributed by atoms with Crippen molar-refractivity contribution in [3.63, 3.8) is 0 Å². The van der Waals surface area contributed by atoms with Crippen LogP contribution in [0.25, 0.3) is 0 Å². The Morgan fingerprint density at radius 2 is 2.16 bits per heavy atom. The molecule has 0 spiro atoms. The molecule has 1 N–H and O–H groups in total. The fourth-order valence-corrected chi connectivity index (χ4v) is 1.62. The largest absolute Gasteiger partial charge is 0.321 e. The van der Waals surface area contributed by atoms with Crippen molar-refractivity contribution in [2.24, 2.45) is 0 Å². The summed E-state index contributed by atoms with van der Waals surface area (Å²) in [7, 11) is 0. The van der Waals surface area contributed by atoms with Gasteiger partial charge in [-0.05, 0) is 24.3 Å². The van der Waals surface area contributed by atoms with Crippen molar-refractivity contribution in [3.05, 3.63) is 58.6 Å². The molecule has 19 heavy (non-hydrogen) atoms. The standard InChI is InChI=1S/C13H7ClFN3O/c14-10-2-1-8(5-16)12(4-10)18-13(19)9-3-11(15)7-17-6-9/h1-4,6-7H,(H,18,19). The van der Waals surface area contributed by atoms with Gasteiger partial charge in [0, 0.05) is 11.2 Å². The second kappa shape index (κ2) is 5.46. The predicted octanol–water partition coefficient (Wildman–Crippen LogP) is 3.00. The van der Waals surface area contributed by atoms with Crippen molar-refractivity contribution in [2.75, 3.05) is 5.32 Å². The number of amides is 1. The molecule has 4 nitrogen and oxygen atoms in total. The first-order valence-electron chi connectivity index (χ1n) is 5.21. The molecule has 0 aliphatic carbocycles. The number of nitrogens with zero attached hydrogens (tertiary/aromatic N) is 2. The van der Waals surface area contributed by atoms with Crippen LogP contribution in [0.15, 0.2) is 36.7 Å². The first-order valence-corrected chi connectivity index (χ1v) is 5.59. The Bertz CT molecular complexity index is 682. The van der Waals surface area contributed by atoms with Crippen molar-refractivity contribution < 1.29 is 9.18 Å². The third kappa shape index (κ3) is 3.06. The fourth-order valence-electron chi connectivity index (χ4n) is 1.45. The van der Waals surface area contributed by atoms with Gasteiger partial charge in [-0.2, -0.15) is 5.26 Å². The molecule has 0 aliphatic heterocycles. The highest BCUT2D eigenvalue weighted by Gasteiger charge is 2.10. The molecular formula is C13H7ClFN3O. The number of rotatable bonds is 2. The maximum absolute atomic E-state index is 13.0. The van der Waals surface area contributed by atoms with E-state index in [0.717, 1.165) is 12.3 Å². The highest BCUT2D eigenvalue weighted by Crippen LogP contribution is 2.21. The Balaban J connectivity index is 2.29. The van der Waals surface area contributed by atoms with Crippen LogP contribution in [0.1, 0.15) is 15.9 Å². The van der Waals surface area contributed by atoms with Crippen LogP contribution in [0.4, 0.5) is 10.1 Å². The van der Waals surface area contributed by atoms with Crippen LogP contribution in [-0.4, -0.2) is 10.9 Å². The number of halogens is 2. The van der Waals surface area contributed by atoms with Gasteiger partial charge in [0.25, 0.3) is 5.91 Å². The van der Waals surface area contributed by atoms with Crippen LogP contribution in [0, 0.1) is 17.1 Å². The average Bonchev–Trinajstić information content (AvgIpc) is 2.39. The molecule has 0 radical (unpaired) electrons. The summed E-state index contributed by atoms with van der Waals surface area (Å²) in [4.78, 5) is 15.5. The summed E-state index contributed by atoms with van der Waals surface area (Å²) in [6.07, 6.45) is 2.23. The molecular weight excluding hydrogens is 269 g/mol. The first kappa shape index (κ1) is 13.0. The maximum Gasteiger partial charge on any atom is 0.257 e. The lowest BCUT2D eigenvalue weighted by Gasteiger charge is -2.07. The van der Waals surface area contributed by atoms with Gasteiger partial charge in [0.15, 0.2) is 0 Å². The number of benzene rings is 1. The molecule has 0 unspecified atom stereocenters. The number of pyridine rings is 1. The maximum atomic E-state index is 13.0. The highest BCUT2D eigenvalue weighted by molar-refractivity contribution is 6.31. The van der Waals surface area contributed by atoms with Crippen molar-refractivity contribution in [1.29, 1.82) is 5.26 Å². The van der Waals surface area contributed by atoms with Crippen LogP contribution in [0.2, 0.25) is 5.02 Å². The summed E-state index contributed by atoms with van der Waals surface area (Å²) in [5.41, 5.74) is 0.593. The second-order valence-corrected chi connectivity index (χ2v) is 4.08. The van der Waals surface area contributed by atoms with Gasteiger partial charge in [0.1, 0.15) is 11.9 Å². The Hall–Kier alpha value is -2.45. The molecule has 0 saturated heterocycles. The van der Waals surface area contributed by atoms with E-state index in [9.17, 15) is 9.18 Å². The molecule has 0 fully saturated rings. The van der Waals surface area contributed by atoms with Gasteiger partial charge in [0.05, 0.1) is 23.0 Å². The number of nitrogens with one attached hydrogen (secondary N) is 1. The third-order valence-electron chi connectivity index (χ3n) is 2.32. The first-order chi connectivity index (χ1) is 9.10. The number of aromatic nitrogens is 1. The van der Waals surface area contributed by atoms with Gasteiger partial charge in [-0.1, -0.05) is 11.6 Å². The number of hydrogen-bond donors (Lipinski definition) is 1. The molecule has 6 heteroatoms. The van der Waals surface area contributed by atoms with E-state index in [1.165, 1.54) is 18.3 Å². The third-order valence-corrected chi connectivity index (χ3v) is 2.55. The second-order valence-electron chi connectivity index (χ2n) is 3.65. The van der Waals surface area contributed by atoms with Crippen LogP contribution in [-0.2, 0) is 0 Å². The fraction of sp³-hybridized carbons (Fsp3) is 0. The summed E-state index contributed by atoms with van der Waals surface area (Å²) in [5, 5.41) is 11.8. The molecule has 0 bridgehead atoms. The van der Waals surface area contributed by atoms with Crippen LogP contribution >= 0.6 is 11.6 Å². The van der Waals surface area contributed by atoms with Crippen LogP contribution in [0.5, 0.6) is 0 Å². The number of anilines is 1. The lowest BCUT2D eigenvalue weighted by Crippen LogP contribution is -2.13. The van der Waals surface area contributed by atoms with Gasteiger partial charge in [-0.15, -0.1) is 0 Å². The number of nitriles is 1. The topological polar surface area (TPSA) is 65.8 Å². The Morgan fingerprint density at radius 3 is 2.84 bits per heavy atom. The number of carbonyl (C=O) groups excluding carboxylic acids is 1. The lowest BCUT2D eigenvalue weighted by atomic mass is 10.2. The average molecular weight is 276 g/mol. The minimum absolute atomic E-state index is 0.0591. The highest BCUT2D eigenvalue weighted by atomic mass is 35.5. The molecule has 1 amide bonds. The van der Waals surface area contributed by atoms with E-state index < -0.39 is 11.7 Å². The molecule has 1 aromatic heterocycles. The zero-order valence-corrected chi connectivity index (χ0v) is 10.3. The summed E-state index contributed by atoms with van der Waals surface area (Å²) in [6, 6.07) is 7.46. The number of carbonyl (C=O) groups is 1. The van der Waals surface area contributed by atoms with Crippen molar-refractivity contribution in [2.45, 2.75) is 0 Å². The van der Waals surface area contributed by atoms with E-state index in [-0.39, 0.29) is 16.8 Å². The SMILES string of the molecule is N#Cc1ccc(Cl)cc1NC(=O)c1cncc(F)c1. The summed E-state index contributed by atoms with van der Waals surface area (Å²) >= 11 is 5.80. The van der Waals surface area contributed by atoms with Crippen molar-refractivity contribution in [1.82, 2.24) is 4.98 Å². The predicted molar refractivity (Wildman–Crippen MR) is 68.3 cm³/mol. The Labute approximate surface area is 113 Å². The Kier molecular flexibility index (Phi) is 3.74. The van der Waals surface area contributed by atoms with E-state index in [1.807, 2.05) is 6.07 Å². The molecule has 0 aliphatic rings. The minimum atomic E-state index is -0.612. The van der Waals surface area contributed by atoms with E-state index in [2.05, 4.69) is 10.3 Å². The summed E-state index contributed by atoms with van der Waals surface area (Å²) in [5.74, 6) is -1.18. The normalized spacial score (nSPS) is 9.74.